The molecule has 1 N–H and O–H groups in total. The standard InChI is InChI=1S/C23H32N4O2.2ClH/c1-17(2)22-21(18-7-4-3-5-8-18)25-23(29-22)19-9-6-13-26(19)14-10-20(28)27-15-11-24-12-16-27;;/h3-5,7-8,17,19,24H,6,9-16H2,1-2H3;2*1H. The lowest BCUT2D eigenvalue weighted by molar-refractivity contribution is -0.132. The minimum atomic E-state index is 0. The Balaban J connectivity index is 0.00000171. The van der Waals surface area contributed by atoms with Gasteiger partial charge in [0.15, 0.2) is 0 Å². The van der Waals surface area contributed by atoms with Gasteiger partial charge in [0.25, 0.3) is 0 Å². The Morgan fingerprint density at radius 3 is 2.55 bits per heavy atom. The van der Waals surface area contributed by atoms with E-state index in [1.165, 1.54) is 0 Å². The molecular weight excluding hydrogens is 435 g/mol. The Kier molecular flexibility index (Phi) is 9.82. The largest absolute Gasteiger partial charge is 0.443 e. The Bertz CT molecular complexity index is 822. The Morgan fingerprint density at radius 2 is 1.87 bits per heavy atom. The van der Waals surface area contributed by atoms with Crippen molar-refractivity contribution in [3.05, 3.63) is 42.0 Å². The highest BCUT2D eigenvalue weighted by Crippen LogP contribution is 2.37. The van der Waals surface area contributed by atoms with Gasteiger partial charge in [-0.15, -0.1) is 24.8 Å². The van der Waals surface area contributed by atoms with Crippen LogP contribution in [-0.4, -0.2) is 60.0 Å². The molecular formula is C23H34Cl2N4O2. The van der Waals surface area contributed by atoms with Gasteiger partial charge < -0.3 is 14.6 Å². The molecule has 1 atom stereocenters. The number of aromatic nitrogens is 1. The number of hydrogen-bond donors (Lipinski definition) is 1. The van der Waals surface area contributed by atoms with Crippen molar-refractivity contribution in [3.8, 4) is 11.3 Å². The maximum atomic E-state index is 12.6. The number of amides is 1. The van der Waals surface area contributed by atoms with E-state index >= 15 is 0 Å². The highest BCUT2D eigenvalue weighted by molar-refractivity contribution is 5.85. The van der Waals surface area contributed by atoms with E-state index < -0.39 is 0 Å². The molecule has 4 rings (SSSR count). The second-order valence-corrected chi connectivity index (χ2v) is 8.36. The van der Waals surface area contributed by atoms with Crippen molar-refractivity contribution in [2.24, 2.45) is 0 Å². The first-order valence-electron chi connectivity index (χ1n) is 10.9. The molecule has 1 unspecified atom stereocenters. The van der Waals surface area contributed by atoms with Gasteiger partial charge in [-0.3, -0.25) is 9.69 Å². The molecule has 1 aromatic heterocycles. The van der Waals surface area contributed by atoms with Crippen molar-refractivity contribution < 1.29 is 9.21 Å². The molecule has 8 heteroatoms. The minimum absolute atomic E-state index is 0. The lowest BCUT2D eigenvalue weighted by Gasteiger charge is -2.29. The molecule has 2 aliphatic heterocycles. The smallest absolute Gasteiger partial charge is 0.223 e. The molecule has 2 saturated heterocycles. The second kappa shape index (κ2) is 11.9. The third kappa shape index (κ3) is 6.01. The molecule has 6 nitrogen and oxygen atoms in total. The van der Waals surface area contributed by atoms with Gasteiger partial charge in [-0.2, -0.15) is 0 Å². The summed E-state index contributed by atoms with van der Waals surface area (Å²) in [6, 6.07) is 10.4. The number of nitrogens with one attached hydrogen (secondary N) is 1. The number of hydrogen-bond acceptors (Lipinski definition) is 5. The van der Waals surface area contributed by atoms with Crippen LogP contribution in [-0.2, 0) is 4.79 Å². The molecule has 0 saturated carbocycles. The van der Waals surface area contributed by atoms with E-state index in [4.69, 9.17) is 9.40 Å². The number of halogens is 2. The number of oxazole rings is 1. The summed E-state index contributed by atoms with van der Waals surface area (Å²) in [5.41, 5.74) is 2.06. The molecule has 1 aromatic carbocycles. The van der Waals surface area contributed by atoms with Gasteiger partial charge in [0.05, 0.1) is 6.04 Å². The van der Waals surface area contributed by atoms with Gasteiger partial charge in [-0.05, 0) is 19.4 Å². The van der Waals surface area contributed by atoms with E-state index in [9.17, 15) is 4.79 Å². The first-order chi connectivity index (χ1) is 14.1. The van der Waals surface area contributed by atoms with Crippen molar-refractivity contribution in [1.82, 2.24) is 20.1 Å². The first-order valence-corrected chi connectivity index (χ1v) is 10.9. The first kappa shape index (κ1) is 25.7. The van der Waals surface area contributed by atoms with E-state index in [1.807, 2.05) is 23.1 Å². The van der Waals surface area contributed by atoms with Crippen LogP contribution in [0.1, 0.15) is 56.7 Å². The van der Waals surface area contributed by atoms with Gasteiger partial charge in [0.1, 0.15) is 11.5 Å². The van der Waals surface area contributed by atoms with Crippen molar-refractivity contribution in [2.75, 3.05) is 39.3 Å². The number of rotatable bonds is 6. The van der Waals surface area contributed by atoms with Crippen LogP contribution in [0, 0.1) is 0 Å². The number of likely N-dealkylation sites (tertiary alicyclic amines) is 1. The Labute approximate surface area is 197 Å². The van der Waals surface area contributed by atoms with Gasteiger partial charge in [-0.25, -0.2) is 4.98 Å². The van der Waals surface area contributed by atoms with Crippen LogP contribution >= 0.6 is 24.8 Å². The van der Waals surface area contributed by atoms with Crippen LogP contribution < -0.4 is 5.32 Å². The highest BCUT2D eigenvalue weighted by atomic mass is 35.5. The summed E-state index contributed by atoms with van der Waals surface area (Å²) in [6.45, 7) is 9.50. The zero-order valence-corrected chi connectivity index (χ0v) is 20.0. The van der Waals surface area contributed by atoms with Crippen molar-refractivity contribution in [2.45, 2.75) is 45.1 Å². The summed E-state index contributed by atoms with van der Waals surface area (Å²) in [5.74, 6) is 2.29. The van der Waals surface area contributed by atoms with E-state index in [-0.39, 0.29) is 42.7 Å². The summed E-state index contributed by atoms with van der Waals surface area (Å²) < 4.78 is 6.31. The summed E-state index contributed by atoms with van der Waals surface area (Å²) >= 11 is 0. The number of carbonyl (C=O) groups is 1. The number of nitrogens with zero attached hydrogens (tertiary/aromatic N) is 3. The molecule has 0 radical (unpaired) electrons. The zero-order valence-electron chi connectivity index (χ0n) is 18.4. The lowest BCUT2D eigenvalue weighted by atomic mass is 10.0. The molecule has 0 bridgehead atoms. The van der Waals surface area contributed by atoms with E-state index in [0.717, 1.165) is 75.0 Å². The summed E-state index contributed by atoms with van der Waals surface area (Å²) in [7, 11) is 0. The maximum absolute atomic E-state index is 12.6. The third-order valence-electron chi connectivity index (χ3n) is 5.97. The molecule has 2 aliphatic rings. The van der Waals surface area contributed by atoms with E-state index in [1.54, 1.807) is 0 Å². The van der Waals surface area contributed by atoms with Crippen LogP contribution in [0.2, 0.25) is 0 Å². The third-order valence-corrected chi connectivity index (χ3v) is 5.97. The van der Waals surface area contributed by atoms with Crippen LogP contribution in [0.25, 0.3) is 11.3 Å². The van der Waals surface area contributed by atoms with Crippen molar-refractivity contribution in [3.63, 3.8) is 0 Å². The molecule has 2 fully saturated rings. The van der Waals surface area contributed by atoms with Gasteiger partial charge >= 0.3 is 0 Å². The molecule has 0 aliphatic carbocycles. The molecule has 3 heterocycles. The number of carbonyl (C=O) groups excluding carboxylic acids is 1. The molecule has 31 heavy (non-hydrogen) atoms. The van der Waals surface area contributed by atoms with E-state index in [0.29, 0.717) is 6.42 Å². The van der Waals surface area contributed by atoms with Crippen molar-refractivity contribution in [1.29, 1.82) is 0 Å². The topological polar surface area (TPSA) is 61.6 Å². The second-order valence-electron chi connectivity index (χ2n) is 8.36. The lowest BCUT2D eigenvalue weighted by Crippen LogP contribution is -2.47. The average Bonchev–Trinajstić information content (AvgIpc) is 3.40. The summed E-state index contributed by atoms with van der Waals surface area (Å²) in [4.78, 5) is 21.9. The predicted octanol–water partition coefficient (Wildman–Crippen LogP) is 4.27. The van der Waals surface area contributed by atoms with Crippen LogP contribution in [0.4, 0.5) is 0 Å². The minimum Gasteiger partial charge on any atom is -0.443 e. The SMILES string of the molecule is CC(C)c1oc(C2CCCN2CCC(=O)N2CCNCC2)nc1-c1ccccc1.Cl.Cl. The molecule has 172 valence electrons. The monoisotopic (exact) mass is 468 g/mol. The molecule has 0 spiro atoms. The zero-order chi connectivity index (χ0) is 20.2. The predicted molar refractivity (Wildman–Crippen MR) is 128 cm³/mol. The quantitative estimate of drug-likeness (QED) is 0.685. The number of piperazine rings is 1. The van der Waals surface area contributed by atoms with Gasteiger partial charge in [0.2, 0.25) is 11.8 Å². The fraction of sp³-hybridized carbons (Fsp3) is 0.565. The molecule has 1 amide bonds. The average molecular weight is 469 g/mol. The van der Waals surface area contributed by atoms with Crippen LogP contribution in [0.5, 0.6) is 0 Å². The molecule has 2 aromatic rings. The maximum Gasteiger partial charge on any atom is 0.223 e. The highest BCUT2D eigenvalue weighted by Gasteiger charge is 2.32. The van der Waals surface area contributed by atoms with Crippen LogP contribution in [0.15, 0.2) is 34.7 Å². The van der Waals surface area contributed by atoms with Gasteiger partial charge in [0, 0.05) is 50.6 Å². The number of benzene rings is 1. The van der Waals surface area contributed by atoms with Crippen LogP contribution in [0.3, 0.4) is 0 Å². The summed E-state index contributed by atoms with van der Waals surface area (Å²) in [5, 5.41) is 3.30. The Hall–Kier alpha value is -1.60. The van der Waals surface area contributed by atoms with Crippen molar-refractivity contribution >= 4 is 30.7 Å². The normalized spacial score (nSPS) is 19.2. The Morgan fingerprint density at radius 1 is 1.16 bits per heavy atom. The fourth-order valence-corrected chi connectivity index (χ4v) is 4.37. The van der Waals surface area contributed by atoms with E-state index in [2.05, 4.69) is 36.2 Å². The summed E-state index contributed by atoms with van der Waals surface area (Å²) in [6.07, 6.45) is 2.72. The fourth-order valence-electron chi connectivity index (χ4n) is 4.37. The van der Waals surface area contributed by atoms with Gasteiger partial charge in [-0.1, -0.05) is 44.2 Å².